The molecular formula is C19H16N4O4. The van der Waals surface area contributed by atoms with Gasteiger partial charge in [0.1, 0.15) is 5.82 Å². The molecule has 3 aromatic rings. The molecule has 0 spiro atoms. The normalized spacial score (nSPS) is 10.3. The van der Waals surface area contributed by atoms with Gasteiger partial charge in [-0.15, -0.1) is 0 Å². The third-order valence-corrected chi connectivity index (χ3v) is 3.65. The molecule has 8 nitrogen and oxygen atoms in total. The van der Waals surface area contributed by atoms with Crippen molar-refractivity contribution < 1.29 is 19.8 Å². The van der Waals surface area contributed by atoms with Crippen molar-refractivity contribution in [2.45, 2.75) is 6.92 Å². The summed E-state index contributed by atoms with van der Waals surface area (Å²) in [6, 6.07) is 14.3. The van der Waals surface area contributed by atoms with Crippen LogP contribution in [0.15, 0.2) is 54.6 Å². The SMILES string of the molecule is Cc1cc(Nc2ccc(C(=O)O)cc2)nc(Nc2ccc(C(=O)O)cc2)n1. The molecule has 1 aromatic heterocycles. The number of aryl methyl sites for hydroxylation is 1. The van der Waals surface area contributed by atoms with Gasteiger partial charge in [-0.3, -0.25) is 0 Å². The van der Waals surface area contributed by atoms with Gasteiger partial charge in [-0.1, -0.05) is 0 Å². The molecule has 2 aromatic carbocycles. The minimum absolute atomic E-state index is 0.192. The maximum atomic E-state index is 10.9. The molecule has 0 aliphatic rings. The van der Waals surface area contributed by atoms with Gasteiger partial charge in [-0.25, -0.2) is 14.6 Å². The lowest BCUT2D eigenvalue weighted by molar-refractivity contribution is 0.0686. The van der Waals surface area contributed by atoms with Gasteiger partial charge in [0, 0.05) is 23.1 Å². The maximum Gasteiger partial charge on any atom is 0.335 e. The average molecular weight is 364 g/mol. The second-order valence-corrected chi connectivity index (χ2v) is 5.73. The summed E-state index contributed by atoms with van der Waals surface area (Å²) in [4.78, 5) is 30.5. The number of nitrogens with zero attached hydrogens (tertiary/aromatic N) is 2. The molecule has 0 saturated carbocycles. The van der Waals surface area contributed by atoms with Gasteiger partial charge in [-0.05, 0) is 55.5 Å². The van der Waals surface area contributed by atoms with Crippen LogP contribution in [0.3, 0.4) is 0 Å². The minimum atomic E-state index is -0.992. The molecule has 3 rings (SSSR count). The second-order valence-electron chi connectivity index (χ2n) is 5.73. The highest BCUT2D eigenvalue weighted by atomic mass is 16.4. The van der Waals surface area contributed by atoms with Crippen molar-refractivity contribution in [1.29, 1.82) is 0 Å². The van der Waals surface area contributed by atoms with E-state index in [-0.39, 0.29) is 11.1 Å². The third-order valence-electron chi connectivity index (χ3n) is 3.65. The van der Waals surface area contributed by atoms with Crippen LogP contribution in [0, 0.1) is 6.92 Å². The van der Waals surface area contributed by atoms with Crippen LogP contribution in [0.5, 0.6) is 0 Å². The van der Waals surface area contributed by atoms with Crippen molar-refractivity contribution in [3.05, 3.63) is 71.4 Å². The molecule has 27 heavy (non-hydrogen) atoms. The van der Waals surface area contributed by atoms with Crippen molar-refractivity contribution in [2.24, 2.45) is 0 Å². The number of hydrogen-bond acceptors (Lipinski definition) is 6. The summed E-state index contributed by atoms with van der Waals surface area (Å²) >= 11 is 0. The Balaban J connectivity index is 1.77. The Morgan fingerprint density at radius 2 is 1.26 bits per heavy atom. The van der Waals surface area contributed by atoms with Gasteiger partial charge in [0.25, 0.3) is 0 Å². The number of carboxylic acids is 2. The number of hydrogen-bond donors (Lipinski definition) is 4. The molecule has 1 heterocycles. The quantitative estimate of drug-likeness (QED) is 0.522. The molecule has 0 atom stereocenters. The lowest BCUT2D eigenvalue weighted by Gasteiger charge is -2.10. The summed E-state index contributed by atoms with van der Waals surface area (Å²) < 4.78 is 0. The fourth-order valence-corrected chi connectivity index (χ4v) is 2.36. The fourth-order valence-electron chi connectivity index (χ4n) is 2.36. The Morgan fingerprint density at radius 3 is 1.74 bits per heavy atom. The summed E-state index contributed by atoms with van der Waals surface area (Å²) in [5.74, 6) is -1.09. The van der Waals surface area contributed by atoms with Crippen molar-refractivity contribution in [3.63, 3.8) is 0 Å². The van der Waals surface area contributed by atoms with Gasteiger partial charge >= 0.3 is 11.9 Å². The first-order valence-electron chi connectivity index (χ1n) is 7.97. The van der Waals surface area contributed by atoms with E-state index in [4.69, 9.17) is 10.2 Å². The van der Waals surface area contributed by atoms with E-state index in [1.54, 1.807) is 30.3 Å². The summed E-state index contributed by atoms with van der Waals surface area (Å²) in [6.07, 6.45) is 0. The van der Waals surface area contributed by atoms with Crippen LogP contribution < -0.4 is 10.6 Å². The molecule has 0 fully saturated rings. The third kappa shape index (κ3) is 4.57. The van der Waals surface area contributed by atoms with Gasteiger partial charge in [0.2, 0.25) is 5.95 Å². The molecule has 4 N–H and O–H groups in total. The summed E-state index contributed by atoms with van der Waals surface area (Å²) in [5, 5.41) is 24.0. The van der Waals surface area contributed by atoms with Crippen LogP contribution >= 0.6 is 0 Å². The number of aromatic carboxylic acids is 2. The molecule has 8 heteroatoms. The number of carbonyl (C=O) groups is 2. The molecule has 136 valence electrons. The summed E-state index contributed by atoms with van der Waals surface area (Å²) in [7, 11) is 0. The van der Waals surface area contributed by atoms with E-state index in [0.29, 0.717) is 23.1 Å². The number of aromatic nitrogens is 2. The number of nitrogens with one attached hydrogen (secondary N) is 2. The lowest BCUT2D eigenvalue weighted by Crippen LogP contribution is -2.03. The maximum absolute atomic E-state index is 10.9. The smallest absolute Gasteiger partial charge is 0.335 e. The predicted molar refractivity (Wildman–Crippen MR) is 100 cm³/mol. The number of benzene rings is 2. The molecule has 0 unspecified atom stereocenters. The van der Waals surface area contributed by atoms with Gasteiger partial charge < -0.3 is 20.8 Å². The Hall–Kier alpha value is -3.94. The number of carboxylic acid groups (broad SMARTS) is 2. The molecule has 0 amide bonds. The molecule has 0 saturated heterocycles. The average Bonchev–Trinajstić information content (AvgIpc) is 2.62. The molecule has 0 bridgehead atoms. The predicted octanol–water partition coefficient (Wildman–Crippen LogP) is 3.67. The number of anilines is 4. The Bertz CT molecular complexity index is 908. The topological polar surface area (TPSA) is 124 Å². The van der Waals surface area contributed by atoms with Crippen molar-refractivity contribution in [3.8, 4) is 0 Å². The standard InChI is InChI=1S/C19H16N4O4/c1-11-10-16(21-14-6-2-12(3-7-14)17(24)25)23-19(20-11)22-15-8-4-13(5-9-15)18(26)27/h2-10H,1H3,(H,24,25)(H,26,27)(H2,20,21,22,23). The van der Waals surface area contributed by atoms with E-state index < -0.39 is 11.9 Å². The second kappa shape index (κ2) is 7.52. The first-order chi connectivity index (χ1) is 12.9. The molecule has 0 aliphatic carbocycles. The summed E-state index contributed by atoms with van der Waals surface area (Å²) in [6.45, 7) is 1.82. The van der Waals surface area contributed by atoms with Crippen molar-refractivity contribution in [2.75, 3.05) is 10.6 Å². The Morgan fingerprint density at radius 1 is 0.778 bits per heavy atom. The van der Waals surface area contributed by atoms with Crippen LogP contribution in [0.1, 0.15) is 26.4 Å². The van der Waals surface area contributed by atoms with Gasteiger partial charge in [-0.2, -0.15) is 4.98 Å². The van der Waals surface area contributed by atoms with E-state index in [0.717, 1.165) is 5.69 Å². The lowest BCUT2D eigenvalue weighted by atomic mass is 10.2. The number of rotatable bonds is 6. The summed E-state index contributed by atoms with van der Waals surface area (Å²) in [5.41, 5.74) is 2.46. The largest absolute Gasteiger partial charge is 0.478 e. The van der Waals surface area contributed by atoms with E-state index in [2.05, 4.69) is 20.6 Å². The van der Waals surface area contributed by atoms with E-state index in [1.807, 2.05) is 6.92 Å². The zero-order chi connectivity index (χ0) is 19.4. The van der Waals surface area contributed by atoms with Crippen LogP contribution in [-0.4, -0.2) is 32.1 Å². The van der Waals surface area contributed by atoms with Crippen molar-refractivity contribution in [1.82, 2.24) is 9.97 Å². The Kier molecular flexibility index (Phi) is 4.98. The molecule has 0 radical (unpaired) electrons. The highest BCUT2D eigenvalue weighted by molar-refractivity contribution is 5.88. The minimum Gasteiger partial charge on any atom is -0.478 e. The Labute approximate surface area is 154 Å². The fraction of sp³-hybridized carbons (Fsp3) is 0.0526. The highest BCUT2D eigenvalue weighted by Crippen LogP contribution is 2.20. The van der Waals surface area contributed by atoms with Crippen LogP contribution in [-0.2, 0) is 0 Å². The monoisotopic (exact) mass is 364 g/mol. The van der Waals surface area contributed by atoms with E-state index >= 15 is 0 Å². The molecule has 0 aliphatic heterocycles. The van der Waals surface area contributed by atoms with Crippen LogP contribution in [0.2, 0.25) is 0 Å². The van der Waals surface area contributed by atoms with E-state index in [9.17, 15) is 9.59 Å². The van der Waals surface area contributed by atoms with Gasteiger partial charge in [0.05, 0.1) is 11.1 Å². The van der Waals surface area contributed by atoms with Crippen LogP contribution in [0.4, 0.5) is 23.1 Å². The first kappa shape index (κ1) is 17.9. The zero-order valence-electron chi connectivity index (χ0n) is 14.3. The highest BCUT2D eigenvalue weighted by Gasteiger charge is 2.07. The van der Waals surface area contributed by atoms with E-state index in [1.165, 1.54) is 24.3 Å². The van der Waals surface area contributed by atoms with Crippen LogP contribution in [0.25, 0.3) is 0 Å². The van der Waals surface area contributed by atoms with Crippen molar-refractivity contribution >= 4 is 35.1 Å². The zero-order valence-corrected chi connectivity index (χ0v) is 14.3. The van der Waals surface area contributed by atoms with Gasteiger partial charge in [0.15, 0.2) is 0 Å². The molecular weight excluding hydrogens is 348 g/mol. The first-order valence-corrected chi connectivity index (χ1v) is 7.97.